The largest absolute Gasteiger partial charge is 0.506 e. The van der Waals surface area contributed by atoms with E-state index < -0.39 is 20.0 Å². The van der Waals surface area contributed by atoms with Crippen LogP contribution in [0.3, 0.4) is 0 Å². The summed E-state index contributed by atoms with van der Waals surface area (Å²) in [5.74, 6) is -0.378. The summed E-state index contributed by atoms with van der Waals surface area (Å²) in [6, 6.07) is 14.6. The molecule has 29 heavy (non-hydrogen) atoms. The minimum Gasteiger partial charge on any atom is -0.506 e. The van der Waals surface area contributed by atoms with E-state index in [0.717, 1.165) is 6.07 Å². The third kappa shape index (κ3) is 5.13. The topological polar surface area (TPSA) is 113 Å². The van der Waals surface area contributed by atoms with Crippen LogP contribution in [-0.4, -0.2) is 21.9 Å². The summed E-state index contributed by atoms with van der Waals surface area (Å²) in [5.41, 5.74) is -0.150. The van der Waals surface area contributed by atoms with Gasteiger partial charge in [-0.2, -0.15) is 0 Å². The molecule has 0 aromatic heterocycles. The number of anilines is 2. The third-order valence-electron chi connectivity index (χ3n) is 3.74. The molecule has 0 amide bonds. The second kappa shape index (κ2) is 8.11. The molecule has 0 aliphatic heterocycles. The highest BCUT2D eigenvalue weighted by molar-refractivity contribution is 7.93. The van der Waals surface area contributed by atoms with Crippen molar-refractivity contribution in [2.45, 2.75) is 9.79 Å². The number of halogens is 2. The van der Waals surface area contributed by atoms with Crippen LogP contribution < -0.4 is 9.44 Å². The molecule has 11 heteroatoms. The molecule has 0 saturated carbocycles. The van der Waals surface area contributed by atoms with Gasteiger partial charge in [-0.25, -0.2) is 16.8 Å². The normalized spacial score (nSPS) is 11.8. The van der Waals surface area contributed by atoms with E-state index in [9.17, 15) is 21.9 Å². The van der Waals surface area contributed by atoms with Gasteiger partial charge in [0.05, 0.1) is 21.2 Å². The Labute approximate surface area is 178 Å². The summed E-state index contributed by atoms with van der Waals surface area (Å²) in [4.78, 5) is -0.105. The maximum atomic E-state index is 12.5. The van der Waals surface area contributed by atoms with Crippen LogP contribution >= 0.6 is 23.2 Å². The van der Waals surface area contributed by atoms with Gasteiger partial charge in [-0.05, 0) is 66.7 Å². The van der Waals surface area contributed by atoms with E-state index in [0.29, 0.717) is 10.0 Å². The Balaban J connectivity index is 1.88. The first-order valence-corrected chi connectivity index (χ1v) is 11.7. The zero-order valence-electron chi connectivity index (χ0n) is 14.5. The van der Waals surface area contributed by atoms with Gasteiger partial charge in [-0.15, -0.1) is 0 Å². The summed E-state index contributed by atoms with van der Waals surface area (Å²) in [6.45, 7) is 0. The van der Waals surface area contributed by atoms with Crippen molar-refractivity contribution in [3.05, 3.63) is 76.8 Å². The second-order valence-corrected chi connectivity index (χ2v) is 10.1. The highest BCUT2D eigenvalue weighted by Crippen LogP contribution is 2.30. The number of hydrogen-bond acceptors (Lipinski definition) is 5. The highest BCUT2D eigenvalue weighted by Gasteiger charge is 2.18. The molecule has 0 spiro atoms. The van der Waals surface area contributed by atoms with E-state index in [2.05, 4.69) is 9.44 Å². The summed E-state index contributed by atoms with van der Waals surface area (Å²) < 4.78 is 54.5. The monoisotopic (exact) mass is 472 g/mol. The van der Waals surface area contributed by atoms with E-state index >= 15 is 0 Å². The fraction of sp³-hybridized carbons (Fsp3) is 0. The van der Waals surface area contributed by atoms with Gasteiger partial charge in [-0.1, -0.05) is 23.2 Å². The number of phenols is 1. The van der Waals surface area contributed by atoms with Gasteiger partial charge in [0.25, 0.3) is 20.0 Å². The van der Waals surface area contributed by atoms with Crippen molar-refractivity contribution >= 4 is 54.6 Å². The second-order valence-electron chi connectivity index (χ2n) is 5.85. The molecule has 3 aromatic carbocycles. The number of phenolic OH excluding ortho intramolecular Hbond substituents is 1. The molecule has 0 bridgehead atoms. The van der Waals surface area contributed by atoms with Crippen LogP contribution in [0, 0.1) is 0 Å². The van der Waals surface area contributed by atoms with Crippen LogP contribution in [0.2, 0.25) is 10.0 Å². The molecule has 3 aromatic rings. The van der Waals surface area contributed by atoms with Crippen molar-refractivity contribution in [3.63, 3.8) is 0 Å². The maximum Gasteiger partial charge on any atom is 0.262 e. The number of sulfonamides is 2. The zero-order valence-corrected chi connectivity index (χ0v) is 17.6. The van der Waals surface area contributed by atoms with Gasteiger partial charge >= 0.3 is 0 Å². The first kappa shape index (κ1) is 21.3. The Bertz CT molecular complexity index is 1240. The quantitative estimate of drug-likeness (QED) is 0.365. The van der Waals surface area contributed by atoms with E-state index in [1.165, 1.54) is 60.7 Å². The Hall–Kier alpha value is -2.46. The van der Waals surface area contributed by atoms with Gasteiger partial charge in [-0.3, -0.25) is 9.44 Å². The standard InChI is InChI=1S/C18H14Cl2N2O5S2/c19-12-1-6-15(7-2-12)28(24,25)21-14-5-10-18(23)17(11-14)22-29(26,27)16-8-3-13(20)4-9-16/h1-11,21-23H. The average molecular weight is 473 g/mol. The molecule has 0 aliphatic carbocycles. The van der Waals surface area contributed by atoms with Crippen molar-refractivity contribution in [3.8, 4) is 5.75 Å². The van der Waals surface area contributed by atoms with Crippen LogP contribution in [0.4, 0.5) is 11.4 Å². The van der Waals surface area contributed by atoms with Crippen molar-refractivity contribution in [1.29, 1.82) is 0 Å². The van der Waals surface area contributed by atoms with Crippen LogP contribution in [0.15, 0.2) is 76.5 Å². The van der Waals surface area contributed by atoms with Crippen molar-refractivity contribution in [1.82, 2.24) is 0 Å². The molecule has 3 rings (SSSR count). The molecule has 0 aliphatic rings. The molecule has 3 N–H and O–H groups in total. The molecular weight excluding hydrogens is 459 g/mol. The molecule has 7 nitrogen and oxygen atoms in total. The lowest BCUT2D eigenvalue weighted by Gasteiger charge is -2.13. The molecule has 0 unspecified atom stereocenters. The van der Waals surface area contributed by atoms with Crippen LogP contribution in [-0.2, 0) is 20.0 Å². The van der Waals surface area contributed by atoms with Gasteiger partial charge < -0.3 is 5.11 Å². The lowest BCUT2D eigenvalue weighted by molar-refractivity contribution is 0.477. The van der Waals surface area contributed by atoms with E-state index in [1.807, 2.05) is 0 Å². The SMILES string of the molecule is O=S(=O)(Nc1ccc(O)c(NS(=O)(=O)c2ccc(Cl)cc2)c1)c1ccc(Cl)cc1. The summed E-state index contributed by atoms with van der Waals surface area (Å²) >= 11 is 11.5. The number of nitrogens with one attached hydrogen (secondary N) is 2. The Morgan fingerprint density at radius 3 is 1.59 bits per heavy atom. The average Bonchev–Trinajstić information content (AvgIpc) is 2.65. The number of hydrogen-bond donors (Lipinski definition) is 3. The lowest BCUT2D eigenvalue weighted by Crippen LogP contribution is -2.15. The van der Waals surface area contributed by atoms with Gasteiger partial charge in [0.2, 0.25) is 0 Å². The van der Waals surface area contributed by atoms with Crippen LogP contribution in [0.1, 0.15) is 0 Å². The van der Waals surface area contributed by atoms with Crippen molar-refractivity contribution in [2.24, 2.45) is 0 Å². The molecule has 0 heterocycles. The molecule has 0 saturated heterocycles. The fourth-order valence-electron chi connectivity index (χ4n) is 2.33. The van der Waals surface area contributed by atoms with Crippen molar-refractivity contribution in [2.75, 3.05) is 9.44 Å². The molecule has 152 valence electrons. The minimum absolute atomic E-state index is 0.0294. The number of rotatable bonds is 6. The summed E-state index contributed by atoms with van der Waals surface area (Å²) in [5, 5.41) is 10.7. The van der Waals surface area contributed by atoms with Crippen molar-refractivity contribution < 1.29 is 21.9 Å². The molecule has 0 fully saturated rings. The highest BCUT2D eigenvalue weighted by atomic mass is 35.5. The lowest BCUT2D eigenvalue weighted by atomic mass is 10.3. The van der Waals surface area contributed by atoms with Gasteiger partial charge in [0.1, 0.15) is 5.75 Å². The van der Waals surface area contributed by atoms with Crippen LogP contribution in [0.5, 0.6) is 5.75 Å². The van der Waals surface area contributed by atoms with E-state index in [1.54, 1.807) is 0 Å². The molecular formula is C18H14Cl2N2O5S2. The Morgan fingerprint density at radius 1 is 0.655 bits per heavy atom. The van der Waals surface area contributed by atoms with E-state index in [-0.39, 0.29) is 26.9 Å². The number of benzene rings is 3. The predicted octanol–water partition coefficient (Wildman–Crippen LogP) is 4.30. The minimum atomic E-state index is -4.03. The first-order valence-electron chi connectivity index (χ1n) is 7.97. The van der Waals surface area contributed by atoms with Crippen LogP contribution in [0.25, 0.3) is 0 Å². The molecule has 0 radical (unpaired) electrons. The molecule has 0 atom stereocenters. The Morgan fingerprint density at radius 2 is 1.10 bits per heavy atom. The zero-order chi connectivity index (χ0) is 21.2. The maximum absolute atomic E-state index is 12.5. The third-order valence-corrected chi connectivity index (χ3v) is 7.02. The van der Waals surface area contributed by atoms with Gasteiger partial charge in [0, 0.05) is 10.0 Å². The first-order chi connectivity index (χ1) is 13.6. The smallest absolute Gasteiger partial charge is 0.262 e. The predicted molar refractivity (Wildman–Crippen MR) is 113 cm³/mol. The fourth-order valence-corrected chi connectivity index (χ4v) is 4.69. The summed E-state index contributed by atoms with van der Waals surface area (Å²) in [6.07, 6.45) is 0. The van der Waals surface area contributed by atoms with Gasteiger partial charge in [0.15, 0.2) is 0 Å². The summed E-state index contributed by atoms with van der Waals surface area (Å²) in [7, 11) is -7.97. The number of aromatic hydroxyl groups is 1. The Kier molecular flexibility index (Phi) is 5.95. The van der Waals surface area contributed by atoms with E-state index in [4.69, 9.17) is 23.2 Å².